The summed E-state index contributed by atoms with van der Waals surface area (Å²) in [5, 5.41) is 37.5. The molecule has 1 aliphatic heterocycles. The Labute approximate surface area is 516 Å². The van der Waals surface area contributed by atoms with Crippen LogP contribution in [0.25, 0.3) is 0 Å². The summed E-state index contributed by atoms with van der Waals surface area (Å²) in [6.45, 7) is 10.4. The summed E-state index contributed by atoms with van der Waals surface area (Å²) in [4.78, 5) is 96.1. The topological polar surface area (TPSA) is 245 Å². The highest BCUT2D eigenvalue weighted by Gasteiger charge is 2.38. The smallest absolute Gasteiger partial charge is 0.317 e. The number of allylic oxidation sites excluding steroid dienone is 13. The van der Waals surface area contributed by atoms with Crippen LogP contribution in [0.15, 0.2) is 85.1 Å². The summed E-state index contributed by atoms with van der Waals surface area (Å²) in [6.07, 6.45) is 53.5. The second kappa shape index (κ2) is 52.3. The Kier molecular flexibility index (Phi) is 47.5. The first kappa shape index (κ1) is 78.2. The van der Waals surface area contributed by atoms with Crippen LogP contribution in [-0.4, -0.2) is 80.9 Å². The van der Waals surface area contributed by atoms with E-state index in [9.17, 15) is 53.7 Å². The maximum Gasteiger partial charge on any atom is 0.317 e. The maximum atomic E-state index is 13.2. The van der Waals surface area contributed by atoms with E-state index in [1.54, 1.807) is 12.2 Å². The molecule has 86 heavy (non-hydrogen) atoms. The van der Waals surface area contributed by atoms with Gasteiger partial charge in [0.2, 0.25) is 0 Å². The number of carbonyl (C=O) groups is 8. The predicted molar refractivity (Wildman–Crippen MR) is 340 cm³/mol. The van der Waals surface area contributed by atoms with Crippen LogP contribution < -0.4 is 0 Å². The summed E-state index contributed by atoms with van der Waals surface area (Å²) in [6, 6.07) is 0. The lowest BCUT2D eigenvalue weighted by atomic mass is 9.85. The Bertz CT molecular complexity index is 2110. The third kappa shape index (κ3) is 42.1. The molecule has 0 saturated carbocycles. The average Bonchev–Trinajstić information content (AvgIpc) is 3.80. The lowest BCUT2D eigenvalue weighted by molar-refractivity contribution is -0.159. The van der Waals surface area contributed by atoms with E-state index in [0.29, 0.717) is 44.9 Å². The molecule has 0 aromatic rings. The predicted octanol–water partition coefficient (Wildman–Crippen LogP) is 17.3. The molecule has 1 rings (SSSR count). The largest absolute Gasteiger partial charge is 0.481 e. The van der Waals surface area contributed by atoms with E-state index in [-0.39, 0.29) is 49.1 Å². The normalized spacial score (nSPS) is 15.9. The molecule has 15 nitrogen and oxygen atoms in total. The van der Waals surface area contributed by atoms with Gasteiger partial charge in [-0.2, -0.15) is 0 Å². The number of rotatable bonds is 57. The molecular formula is C71H112O15. The van der Waals surface area contributed by atoms with Crippen molar-refractivity contribution in [3.8, 4) is 0 Å². The molecule has 1 aliphatic rings. The fourth-order valence-corrected chi connectivity index (χ4v) is 10.8. The standard InChI is InChI=1S/C71H112O15/c1-5-8-10-11-28-38-46-59(63-54-68(78)86-71(63)83)47-39-31-25-26-33-41-49-67(77)85-60(51-50-56(4)42-35-27-21-17-16-19-23-30-37-45-58(44-34-9-6-2)62(70(81)82)53-65(74)75)55-84-66(76)48-40-32-24-20-15-13-12-14-18-22-29-36-43-57(7-3)61(69(79)80)52-64(72)73/h12,14,22-23,29-30,36-37,39,43,45,47,57-63H,4-11,13,15-21,24-28,31-35,38,40-42,44,46,48-55H2,1-3H3,(H,72,73)(H,74,75)(H,79,80)(H,81,82)/b14-12-,29-22-,30-23-,43-36+,45-37+,47-39+. The van der Waals surface area contributed by atoms with Crippen molar-refractivity contribution in [3.63, 3.8) is 0 Å². The minimum absolute atomic E-state index is 0.00156. The van der Waals surface area contributed by atoms with Gasteiger partial charge in [-0.1, -0.05) is 215 Å². The zero-order chi connectivity index (χ0) is 63.4. The van der Waals surface area contributed by atoms with Crippen LogP contribution in [0.3, 0.4) is 0 Å². The second-order valence-corrected chi connectivity index (χ2v) is 23.6. The SMILES string of the molecule is C=C(CCCCCCC/C=C\C=C\C(CCCCC)C(CC(=O)O)C(=O)O)CCC(COC(=O)CCCCCCC/C=C\C/C=C\C=C\C(CC)C(CC(=O)O)C(=O)O)OC(=O)CCCCCC/C=C/C(CCCCCCCC)C1CC(=O)OC1=O. The third-order valence-corrected chi connectivity index (χ3v) is 16.1. The number of hydrogen-bond acceptors (Lipinski definition) is 11. The number of hydrogen-bond donors (Lipinski definition) is 4. The minimum atomic E-state index is -1.12. The van der Waals surface area contributed by atoms with Crippen LogP contribution in [-0.2, 0) is 52.6 Å². The fourth-order valence-electron chi connectivity index (χ4n) is 10.8. The molecule has 15 heteroatoms. The van der Waals surface area contributed by atoms with E-state index < -0.39 is 72.5 Å². The zero-order valence-electron chi connectivity index (χ0n) is 53.0. The molecular weight excluding hydrogens is 1090 g/mol. The van der Waals surface area contributed by atoms with Gasteiger partial charge in [0.15, 0.2) is 0 Å². The molecule has 0 amide bonds. The highest BCUT2D eigenvalue weighted by molar-refractivity contribution is 5.95. The molecule has 0 aromatic heterocycles. The quantitative estimate of drug-likeness (QED) is 0.0110. The van der Waals surface area contributed by atoms with Crippen molar-refractivity contribution in [2.24, 2.45) is 35.5 Å². The number of carboxylic acids is 4. The Balaban J connectivity index is 2.62. The van der Waals surface area contributed by atoms with Crippen LogP contribution in [0, 0.1) is 35.5 Å². The van der Waals surface area contributed by atoms with Gasteiger partial charge in [0.05, 0.1) is 37.0 Å². The molecule has 7 unspecified atom stereocenters. The van der Waals surface area contributed by atoms with Gasteiger partial charge in [-0.3, -0.25) is 38.4 Å². The van der Waals surface area contributed by atoms with Gasteiger partial charge in [0, 0.05) is 12.8 Å². The van der Waals surface area contributed by atoms with Crippen LogP contribution >= 0.6 is 0 Å². The number of carboxylic acid groups (broad SMARTS) is 4. The number of cyclic esters (lactones) is 2. The molecule has 1 saturated heterocycles. The molecule has 486 valence electrons. The molecule has 0 spiro atoms. The van der Waals surface area contributed by atoms with Crippen molar-refractivity contribution in [3.05, 3.63) is 85.1 Å². The third-order valence-electron chi connectivity index (χ3n) is 16.1. The Morgan fingerprint density at radius 3 is 1.60 bits per heavy atom. The molecule has 1 heterocycles. The number of carbonyl (C=O) groups excluding carboxylic acids is 4. The maximum absolute atomic E-state index is 13.2. The highest BCUT2D eigenvalue weighted by atomic mass is 16.6. The minimum Gasteiger partial charge on any atom is -0.481 e. The lowest BCUT2D eigenvalue weighted by Crippen LogP contribution is -2.25. The van der Waals surface area contributed by atoms with Crippen LogP contribution in [0.4, 0.5) is 0 Å². The van der Waals surface area contributed by atoms with E-state index in [1.165, 1.54) is 25.7 Å². The number of aliphatic carboxylic acids is 4. The lowest BCUT2D eigenvalue weighted by Gasteiger charge is -2.19. The van der Waals surface area contributed by atoms with Gasteiger partial charge in [-0.15, -0.1) is 0 Å². The summed E-state index contributed by atoms with van der Waals surface area (Å²) in [5.41, 5.74) is 1.07. The van der Waals surface area contributed by atoms with E-state index in [0.717, 1.165) is 153 Å². The van der Waals surface area contributed by atoms with E-state index >= 15 is 0 Å². The van der Waals surface area contributed by atoms with Crippen LogP contribution in [0.2, 0.25) is 0 Å². The van der Waals surface area contributed by atoms with Crippen molar-refractivity contribution in [2.45, 2.75) is 271 Å². The monoisotopic (exact) mass is 1200 g/mol. The van der Waals surface area contributed by atoms with Gasteiger partial charge < -0.3 is 34.6 Å². The average molecular weight is 1210 g/mol. The van der Waals surface area contributed by atoms with Gasteiger partial charge in [0.25, 0.3) is 0 Å². The molecule has 7 atom stereocenters. The summed E-state index contributed by atoms with van der Waals surface area (Å²) >= 11 is 0. The molecule has 0 bridgehead atoms. The van der Waals surface area contributed by atoms with Crippen molar-refractivity contribution in [2.75, 3.05) is 6.61 Å². The number of ether oxygens (including phenoxy) is 3. The van der Waals surface area contributed by atoms with Crippen molar-refractivity contribution >= 4 is 47.8 Å². The molecule has 4 N–H and O–H groups in total. The van der Waals surface area contributed by atoms with Crippen molar-refractivity contribution in [1.82, 2.24) is 0 Å². The summed E-state index contributed by atoms with van der Waals surface area (Å²) in [7, 11) is 0. The fraction of sp³-hybridized carbons (Fsp3) is 0.690. The van der Waals surface area contributed by atoms with Gasteiger partial charge in [-0.05, 0) is 120 Å². The molecule has 0 aromatic carbocycles. The van der Waals surface area contributed by atoms with Crippen LogP contribution in [0.1, 0.15) is 265 Å². The van der Waals surface area contributed by atoms with Gasteiger partial charge >= 0.3 is 47.8 Å². The van der Waals surface area contributed by atoms with E-state index in [4.69, 9.17) is 19.3 Å². The Hall–Kier alpha value is -5.86. The summed E-state index contributed by atoms with van der Waals surface area (Å²) in [5.74, 6) is -8.83. The Morgan fingerprint density at radius 1 is 0.523 bits per heavy atom. The van der Waals surface area contributed by atoms with Gasteiger partial charge in [0.1, 0.15) is 12.7 Å². The first-order chi connectivity index (χ1) is 41.5. The van der Waals surface area contributed by atoms with Crippen molar-refractivity contribution in [1.29, 1.82) is 0 Å². The Morgan fingerprint density at radius 2 is 1.02 bits per heavy atom. The summed E-state index contributed by atoms with van der Waals surface area (Å²) < 4.78 is 16.5. The van der Waals surface area contributed by atoms with Crippen LogP contribution in [0.5, 0.6) is 0 Å². The first-order valence-corrected chi connectivity index (χ1v) is 33.2. The molecule has 1 fully saturated rings. The molecule has 0 aliphatic carbocycles. The second-order valence-electron chi connectivity index (χ2n) is 23.6. The van der Waals surface area contributed by atoms with Crippen molar-refractivity contribution < 1.29 is 73.0 Å². The highest BCUT2D eigenvalue weighted by Crippen LogP contribution is 2.31. The number of unbranched alkanes of at least 4 members (excludes halogenated alkanes) is 21. The van der Waals surface area contributed by atoms with E-state index in [1.807, 2.05) is 37.3 Å². The number of esters is 4. The van der Waals surface area contributed by atoms with Gasteiger partial charge in [-0.25, -0.2) is 0 Å². The first-order valence-electron chi connectivity index (χ1n) is 33.2. The molecule has 0 radical (unpaired) electrons. The van der Waals surface area contributed by atoms with E-state index in [2.05, 4.69) is 50.8 Å². The zero-order valence-corrected chi connectivity index (χ0v) is 53.0.